The third-order valence-electron chi connectivity index (χ3n) is 4.93. The van der Waals surface area contributed by atoms with Crippen molar-refractivity contribution in [2.75, 3.05) is 6.54 Å². The molecule has 0 spiro atoms. The van der Waals surface area contributed by atoms with Gasteiger partial charge in [-0.05, 0) is 25.0 Å². The molecule has 3 heterocycles. The van der Waals surface area contributed by atoms with Gasteiger partial charge in [-0.3, -0.25) is 4.79 Å². The van der Waals surface area contributed by atoms with Gasteiger partial charge in [0, 0.05) is 30.0 Å². The van der Waals surface area contributed by atoms with Gasteiger partial charge in [-0.1, -0.05) is 18.2 Å². The van der Waals surface area contributed by atoms with E-state index in [-0.39, 0.29) is 17.9 Å². The molecule has 24 heavy (non-hydrogen) atoms. The number of carbonyl (C=O) groups is 1. The summed E-state index contributed by atoms with van der Waals surface area (Å²) in [5, 5.41) is 9.80. The molecule has 2 aliphatic rings. The summed E-state index contributed by atoms with van der Waals surface area (Å²) in [6.45, 7) is 0.698. The molecule has 6 nitrogen and oxygen atoms in total. The van der Waals surface area contributed by atoms with E-state index in [0.717, 1.165) is 47.2 Å². The van der Waals surface area contributed by atoms with E-state index in [9.17, 15) is 4.79 Å². The number of fused-ring (bicyclic) bond motifs is 2. The van der Waals surface area contributed by atoms with Crippen LogP contribution in [-0.2, 0) is 11.2 Å². The predicted octanol–water partition coefficient (Wildman–Crippen LogP) is 2.24. The lowest BCUT2D eigenvalue weighted by Crippen LogP contribution is -2.42. The molecule has 1 aromatic carbocycles. The SMILES string of the molecule is O=C(C1CC1)N1CCc2[nH]cnc2[C@@H]1c1cc2ccccc2nn1. The molecule has 0 bridgehead atoms. The van der Waals surface area contributed by atoms with E-state index in [1.54, 1.807) is 6.33 Å². The first-order valence-corrected chi connectivity index (χ1v) is 8.36. The van der Waals surface area contributed by atoms with Gasteiger partial charge in [0.05, 0.1) is 23.2 Å². The maximum Gasteiger partial charge on any atom is 0.226 e. The second-order valence-electron chi connectivity index (χ2n) is 6.55. The number of benzene rings is 1. The zero-order chi connectivity index (χ0) is 16.1. The molecule has 0 saturated heterocycles. The van der Waals surface area contributed by atoms with E-state index in [1.807, 2.05) is 35.2 Å². The zero-order valence-corrected chi connectivity index (χ0v) is 13.1. The Kier molecular flexibility index (Phi) is 2.92. The van der Waals surface area contributed by atoms with Crippen LogP contribution in [0.1, 0.15) is 36.0 Å². The van der Waals surface area contributed by atoms with Crippen LogP contribution >= 0.6 is 0 Å². The molecule has 5 rings (SSSR count). The highest BCUT2D eigenvalue weighted by atomic mass is 16.2. The molecular weight excluding hydrogens is 302 g/mol. The van der Waals surface area contributed by atoms with Crippen LogP contribution in [0.2, 0.25) is 0 Å². The van der Waals surface area contributed by atoms with Gasteiger partial charge >= 0.3 is 0 Å². The minimum Gasteiger partial charge on any atom is -0.348 e. The normalized spacial score (nSPS) is 20.2. The Morgan fingerprint density at radius 2 is 2.08 bits per heavy atom. The number of imidazole rings is 1. The number of amides is 1. The van der Waals surface area contributed by atoms with E-state index in [1.165, 1.54) is 0 Å². The Morgan fingerprint density at radius 3 is 2.96 bits per heavy atom. The van der Waals surface area contributed by atoms with E-state index in [2.05, 4.69) is 20.2 Å². The Morgan fingerprint density at radius 1 is 1.21 bits per heavy atom. The van der Waals surface area contributed by atoms with Crippen molar-refractivity contribution in [2.45, 2.75) is 25.3 Å². The Hall–Kier alpha value is -2.76. The monoisotopic (exact) mass is 319 g/mol. The van der Waals surface area contributed by atoms with Gasteiger partial charge in [0.15, 0.2) is 0 Å². The van der Waals surface area contributed by atoms with Crippen molar-refractivity contribution in [3.8, 4) is 0 Å². The van der Waals surface area contributed by atoms with Gasteiger partial charge < -0.3 is 9.88 Å². The van der Waals surface area contributed by atoms with Gasteiger partial charge in [-0.25, -0.2) is 4.98 Å². The number of aromatic nitrogens is 4. The first-order chi connectivity index (χ1) is 11.8. The van der Waals surface area contributed by atoms with Gasteiger partial charge in [0.25, 0.3) is 0 Å². The van der Waals surface area contributed by atoms with Gasteiger partial charge in [-0.2, -0.15) is 10.2 Å². The molecule has 120 valence electrons. The molecule has 1 atom stereocenters. The number of rotatable bonds is 2. The Labute approximate surface area is 138 Å². The summed E-state index contributed by atoms with van der Waals surface area (Å²) in [7, 11) is 0. The molecule has 1 aliphatic heterocycles. The van der Waals surface area contributed by atoms with Crippen molar-refractivity contribution < 1.29 is 4.79 Å². The summed E-state index contributed by atoms with van der Waals surface area (Å²) in [5.74, 6) is 0.407. The fourth-order valence-corrected chi connectivity index (χ4v) is 3.51. The number of hydrogen-bond donors (Lipinski definition) is 1. The second kappa shape index (κ2) is 5.12. The zero-order valence-electron chi connectivity index (χ0n) is 13.1. The third kappa shape index (κ3) is 2.10. The Bertz CT molecular complexity index is 930. The number of nitrogens with zero attached hydrogens (tertiary/aromatic N) is 4. The topological polar surface area (TPSA) is 74.8 Å². The van der Waals surface area contributed by atoms with Crippen LogP contribution in [0.15, 0.2) is 36.7 Å². The molecule has 3 aromatic rings. The van der Waals surface area contributed by atoms with Crippen LogP contribution in [0, 0.1) is 5.92 Å². The van der Waals surface area contributed by atoms with Crippen LogP contribution in [-0.4, -0.2) is 37.5 Å². The molecule has 2 aromatic heterocycles. The minimum atomic E-state index is -0.245. The maximum atomic E-state index is 12.8. The van der Waals surface area contributed by atoms with Crippen molar-refractivity contribution in [2.24, 2.45) is 5.92 Å². The maximum absolute atomic E-state index is 12.8. The van der Waals surface area contributed by atoms with Crippen LogP contribution in [0.3, 0.4) is 0 Å². The molecule has 1 amide bonds. The average Bonchev–Trinajstić information content (AvgIpc) is 3.37. The van der Waals surface area contributed by atoms with Gasteiger partial charge in [-0.15, -0.1) is 0 Å². The van der Waals surface area contributed by atoms with E-state index in [0.29, 0.717) is 6.54 Å². The van der Waals surface area contributed by atoms with Crippen LogP contribution in [0.25, 0.3) is 10.9 Å². The quantitative estimate of drug-likeness (QED) is 0.786. The number of hydrogen-bond acceptors (Lipinski definition) is 4. The highest BCUT2D eigenvalue weighted by molar-refractivity contribution is 5.83. The molecule has 0 radical (unpaired) electrons. The molecule has 0 unspecified atom stereocenters. The van der Waals surface area contributed by atoms with Crippen LogP contribution in [0.5, 0.6) is 0 Å². The van der Waals surface area contributed by atoms with E-state index in [4.69, 9.17) is 0 Å². The van der Waals surface area contributed by atoms with Crippen molar-refractivity contribution in [3.63, 3.8) is 0 Å². The number of carbonyl (C=O) groups excluding carboxylic acids is 1. The molecule has 1 saturated carbocycles. The Balaban J connectivity index is 1.64. The highest BCUT2D eigenvalue weighted by Gasteiger charge is 2.41. The first-order valence-electron chi connectivity index (χ1n) is 8.36. The molecule has 6 heteroatoms. The highest BCUT2D eigenvalue weighted by Crippen LogP contribution is 2.38. The minimum absolute atomic E-state index is 0.182. The standard InChI is InChI=1S/C18H17N5O/c24-18(11-5-6-11)23-8-7-14-16(20-10-19-14)17(23)15-9-12-3-1-2-4-13(12)21-22-15/h1-4,9-11,17H,5-8H2,(H,19,20)/t17-/m0/s1. The molecule has 1 fully saturated rings. The van der Waals surface area contributed by atoms with Crippen molar-refractivity contribution in [1.29, 1.82) is 0 Å². The second-order valence-corrected chi connectivity index (χ2v) is 6.55. The average molecular weight is 319 g/mol. The van der Waals surface area contributed by atoms with Gasteiger partial charge in [0.2, 0.25) is 5.91 Å². The number of nitrogens with one attached hydrogen (secondary N) is 1. The molecule has 1 N–H and O–H groups in total. The molecule has 1 aliphatic carbocycles. The van der Waals surface area contributed by atoms with Crippen LogP contribution < -0.4 is 0 Å². The number of H-pyrrole nitrogens is 1. The lowest BCUT2D eigenvalue weighted by molar-refractivity contribution is -0.134. The lowest BCUT2D eigenvalue weighted by atomic mass is 9.98. The van der Waals surface area contributed by atoms with Gasteiger partial charge in [0.1, 0.15) is 6.04 Å². The van der Waals surface area contributed by atoms with Crippen molar-refractivity contribution in [3.05, 3.63) is 53.7 Å². The summed E-state index contributed by atoms with van der Waals surface area (Å²) >= 11 is 0. The first kappa shape index (κ1) is 13.7. The molecular formula is C18H17N5O. The largest absolute Gasteiger partial charge is 0.348 e. The van der Waals surface area contributed by atoms with E-state index >= 15 is 0 Å². The summed E-state index contributed by atoms with van der Waals surface area (Å²) < 4.78 is 0. The summed E-state index contributed by atoms with van der Waals surface area (Å²) in [6.07, 6.45) is 4.51. The van der Waals surface area contributed by atoms with Crippen LogP contribution in [0.4, 0.5) is 0 Å². The van der Waals surface area contributed by atoms with Crippen molar-refractivity contribution in [1.82, 2.24) is 25.1 Å². The lowest BCUT2D eigenvalue weighted by Gasteiger charge is -2.34. The predicted molar refractivity (Wildman–Crippen MR) is 88.1 cm³/mol. The van der Waals surface area contributed by atoms with Crippen molar-refractivity contribution >= 4 is 16.8 Å². The fraction of sp³-hybridized carbons (Fsp3) is 0.333. The summed E-state index contributed by atoms with van der Waals surface area (Å²) in [4.78, 5) is 22.4. The number of aromatic amines is 1. The third-order valence-corrected chi connectivity index (χ3v) is 4.93. The summed E-state index contributed by atoms with van der Waals surface area (Å²) in [6, 6.07) is 9.69. The smallest absolute Gasteiger partial charge is 0.226 e. The van der Waals surface area contributed by atoms with E-state index < -0.39 is 0 Å². The summed E-state index contributed by atoms with van der Waals surface area (Å²) in [5.41, 5.74) is 3.64. The fourth-order valence-electron chi connectivity index (χ4n) is 3.51.